The topological polar surface area (TPSA) is 107 Å². The minimum Gasteiger partial charge on any atom is -0.379 e. The van der Waals surface area contributed by atoms with Crippen molar-refractivity contribution in [1.82, 2.24) is 4.90 Å². The van der Waals surface area contributed by atoms with Gasteiger partial charge in [0.15, 0.2) is 0 Å². The third-order valence-corrected chi connectivity index (χ3v) is 5.32. The Morgan fingerprint density at radius 2 is 1.82 bits per heavy atom. The first kappa shape index (κ1) is 21.4. The molecule has 2 aromatic rings. The molecule has 0 N–H and O–H groups in total. The summed E-state index contributed by atoms with van der Waals surface area (Å²) in [5.74, 6) is -0.122. The van der Waals surface area contributed by atoms with E-state index in [1.807, 2.05) is 13.8 Å². The fraction of sp³-hybridized carbons (Fsp3) is 0.316. The molecule has 0 aromatic heterocycles. The van der Waals surface area contributed by atoms with Crippen LogP contribution in [0.5, 0.6) is 5.75 Å². The van der Waals surface area contributed by atoms with E-state index in [0.29, 0.717) is 18.7 Å². The van der Waals surface area contributed by atoms with Crippen molar-refractivity contribution in [2.24, 2.45) is 0 Å². The molecule has 0 spiro atoms. The van der Waals surface area contributed by atoms with Gasteiger partial charge in [0.05, 0.1) is 4.92 Å². The first-order valence-corrected chi connectivity index (χ1v) is 10.3. The maximum Gasteiger partial charge on any atom is 0.339 e. The van der Waals surface area contributed by atoms with Crippen LogP contribution in [0.2, 0.25) is 0 Å². The lowest BCUT2D eigenvalue weighted by Gasteiger charge is -2.20. The quantitative estimate of drug-likeness (QED) is 0.358. The highest BCUT2D eigenvalue weighted by molar-refractivity contribution is 7.87. The van der Waals surface area contributed by atoms with E-state index in [0.717, 1.165) is 18.9 Å². The molecule has 0 saturated heterocycles. The molecule has 0 radical (unpaired) electrons. The average Bonchev–Trinajstić information content (AvgIpc) is 2.68. The highest BCUT2D eigenvalue weighted by Crippen LogP contribution is 2.22. The molecule has 2 rings (SSSR count). The Bertz CT molecular complexity index is 941. The number of nitro groups is 1. The second-order valence-corrected chi connectivity index (χ2v) is 7.60. The van der Waals surface area contributed by atoms with Gasteiger partial charge in [0.1, 0.15) is 10.6 Å². The van der Waals surface area contributed by atoms with Crippen LogP contribution in [0.4, 0.5) is 5.69 Å². The first-order chi connectivity index (χ1) is 13.3. The highest BCUT2D eigenvalue weighted by Gasteiger charge is 2.20. The first-order valence-electron chi connectivity index (χ1n) is 8.86. The molecule has 0 saturated carbocycles. The fourth-order valence-electron chi connectivity index (χ4n) is 2.52. The molecule has 0 heterocycles. The van der Waals surface area contributed by atoms with E-state index in [4.69, 9.17) is 4.18 Å². The minimum atomic E-state index is -4.24. The molecule has 0 aliphatic heterocycles. The molecular weight excluding hydrogens is 384 g/mol. The van der Waals surface area contributed by atoms with Gasteiger partial charge >= 0.3 is 10.1 Å². The molecule has 1 amide bonds. The normalized spacial score (nSPS) is 11.1. The zero-order valence-corrected chi connectivity index (χ0v) is 16.5. The van der Waals surface area contributed by atoms with Gasteiger partial charge in [-0.25, -0.2) is 0 Å². The van der Waals surface area contributed by atoms with Crippen molar-refractivity contribution >= 4 is 21.7 Å². The Balaban J connectivity index is 2.16. The zero-order valence-electron chi connectivity index (χ0n) is 15.7. The van der Waals surface area contributed by atoms with Crippen molar-refractivity contribution < 1.29 is 22.3 Å². The van der Waals surface area contributed by atoms with E-state index in [1.54, 1.807) is 4.90 Å². The second kappa shape index (κ2) is 9.32. The van der Waals surface area contributed by atoms with Crippen molar-refractivity contribution in [3.05, 3.63) is 64.2 Å². The van der Waals surface area contributed by atoms with E-state index < -0.39 is 15.0 Å². The monoisotopic (exact) mass is 406 g/mol. The van der Waals surface area contributed by atoms with Gasteiger partial charge in [-0.05, 0) is 43.7 Å². The van der Waals surface area contributed by atoms with Crippen LogP contribution in [0.15, 0.2) is 53.4 Å². The summed E-state index contributed by atoms with van der Waals surface area (Å²) in [4.78, 5) is 24.0. The zero-order chi connectivity index (χ0) is 20.7. The van der Waals surface area contributed by atoms with Crippen LogP contribution >= 0.6 is 0 Å². The van der Waals surface area contributed by atoms with Gasteiger partial charge in [0.25, 0.3) is 11.6 Å². The second-order valence-electron chi connectivity index (χ2n) is 6.05. The van der Waals surface area contributed by atoms with Crippen LogP contribution in [0.1, 0.15) is 37.0 Å². The summed E-state index contributed by atoms with van der Waals surface area (Å²) in [7, 11) is -4.24. The maximum absolute atomic E-state index is 12.5. The van der Waals surface area contributed by atoms with Crippen LogP contribution < -0.4 is 4.18 Å². The van der Waals surface area contributed by atoms with Crippen LogP contribution in [0.3, 0.4) is 0 Å². The minimum absolute atomic E-state index is 0.0136. The summed E-state index contributed by atoms with van der Waals surface area (Å²) in [5, 5.41) is 10.8. The largest absolute Gasteiger partial charge is 0.379 e. The number of carbonyl (C=O) groups is 1. The molecule has 0 bridgehead atoms. The van der Waals surface area contributed by atoms with E-state index in [9.17, 15) is 23.3 Å². The highest BCUT2D eigenvalue weighted by atomic mass is 32.2. The molecule has 8 nitrogen and oxygen atoms in total. The number of carbonyl (C=O) groups excluding carboxylic acids is 1. The standard InChI is InChI=1S/C19H22N2O6S/c1-3-5-13-20(4-2)19(22)15-9-11-17(12-10-15)27-28(25,26)18-8-6-7-16(14-18)21(23)24/h6-12,14H,3-5,13H2,1-2H3. The average molecular weight is 406 g/mol. The number of non-ortho nitro benzene ring substituents is 1. The Labute approximate surface area is 164 Å². The Kier molecular flexibility index (Phi) is 7.11. The molecule has 0 aliphatic carbocycles. The molecule has 0 atom stereocenters. The summed E-state index contributed by atoms with van der Waals surface area (Å²) < 4.78 is 29.7. The Morgan fingerprint density at radius 1 is 1.14 bits per heavy atom. The number of nitrogens with zero attached hydrogens (tertiary/aromatic N) is 2. The smallest absolute Gasteiger partial charge is 0.339 e. The Morgan fingerprint density at radius 3 is 2.39 bits per heavy atom. The lowest BCUT2D eigenvalue weighted by atomic mass is 10.2. The van der Waals surface area contributed by atoms with Gasteiger partial charge in [0, 0.05) is 30.8 Å². The van der Waals surface area contributed by atoms with Crippen LogP contribution in [0, 0.1) is 10.1 Å². The van der Waals surface area contributed by atoms with Gasteiger partial charge in [-0.1, -0.05) is 19.4 Å². The van der Waals surface area contributed by atoms with Crippen LogP contribution in [-0.2, 0) is 10.1 Å². The van der Waals surface area contributed by atoms with Crippen LogP contribution in [-0.4, -0.2) is 37.2 Å². The summed E-state index contributed by atoms with van der Waals surface area (Å²) in [6.07, 6.45) is 1.88. The third kappa shape index (κ3) is 5.29. The van der Waals surface area contributed by atoms with Gasteiger partial charge in [0.2, 0.25) is 0 Å². The number of benzene rings is 2. The van der Waals surface area contributed by atoms with Gasteiger partial charge < -0.3 is 9.08 Å². The molecule has 9 heteroatoms. The van der Waals surface area contributed by atoms with E-state index in [-0.39, 0.29) is 22.2 Å². The molecular formula is C19H22N2O6S. The third-order valence-electron chi connectivity index (χ3n) is 4.07. The van der Waals surface area contributed by atoms with Crippen molar-refractivity contribution in [3.63, 3.8) is 0 Å². The summed E-state index contributed by atoms with van der Waals surface area (Å²) in [6, 6.07) is 10.4. The van der Waals surface area contributed by atoms with Crippen molar-refractivity contribution in [2.75, 3.05) is 13.1 Å². The van der Waals surface area contributed by atoms with Crippen molar-refractivity contribution in [1.29, 1.82) is 0 Å². The van der Waals surface area contributed by atoms with E-state index in [1.165, 1.54) is 42.5 Å². The maximum atomic E-state index is 12.5. The van der Waals surface area contributed by atoms with Gasteiger partial charge in [-0.15, -0.1) is 0 Å². The number of hydrogen-bond acceptors (Lipinski definition) is 6. The number of hydrogen-bond donors (Lipinski definition) is 0. The molecule has 150 valence electrons. The number of rotatable bonds is 9. The number of unbranched alkanes of at least 4 members (excludes halogenated alkanes) is 1. The number of amides is 1. The lowest BCUT2D eigenvalue weighted by molar-refractivity contribution is -0.385. The van der Waals surface area contributed by atoms with Crippen molar-refractivity contribution in [2.45, 2.75) is 31.6 Å². The summed E-state index contributed by atoms with van der Waals surface area (Å²) >= 11 is 0. The predicted molar refractivity (Wildman–Crippen MR) is 104 cm³/mol. The number of nitro benzene ring substituents is 1. The van der Waals surface area contributed by atoms with Crippen LogP contribution in [0.25, 0.3) is 0 Å². The molecule has 0 fully saturated rings. The van der Waals surface area contributed by atoms with E-state index in [2.05, 4.69) is 0 Å². The Hall–Kier alpha value is -2.94. The van der Waals surface area contributed by atoms with Crippen molar-refractivity contribution in [3.8, 4) is 5.75 Å². The molecule has 28 heavy (non-hydrogen) atoms. The molecule has 0 unspecified atom stereocenters. The van der Waals surface area contributed by atoms with Gasteiger partial charge in [-0.3, -0.25) is 14.9 Å². The fourth-order valence-corrected chi connectivity index (χ4v) is 3.49. The lowest BCUT2D eigenvalue weighted by Crippen LogP contribution is -2.31. The van der Waals surface area contributed by atoms with Gasteiger partial charge in [-0.2, -0.15) is 8.42 Å². The summed E-state index contributed by atoms with van der Waals surface area (Å²) in [5.41, 5.74) is 0.0791. The SMILES string of the molecule is CCCCN(CC)C(=O)c1ccc(OS(=O)(=O)c2cccc([N+](=O)[O-])c2)cc1. The predicted octanol–water partition coefficient (Wildman–Crippen LogP) is 3.62. The van der Waals surface area contributed by atoms with E-state index >= 15 is 0 Å². The molecule has 0 aliphatic rings. The summed E-state index contributed by atoms with van der Waals surface area (Å²) in [6.45, 7) is 5.19. The molecule has 2 aromatic carbocycles.